The molecular weight excluding hydrogens is 329 g/mol. The number of ether oxygens (including phenoxy) is 1. The third-order valence-corrected chi connectivity index (χ3v) is 4.00. The Kier molecular flexibility index (Phi) is 5.99. The fourth-order valence-electron chi connectivity index (χ4n) is 2.55. The number of amides is 1. The Morgan fingerprint density at radius 1 is 0.885 bits per heavy atom. The number of para-hydroxylation sites is 1. The SMILES string of the molecule is O=C(NCCc1ccccc1F)c1ccc(COc2ccccc2)cc1. The number of rotatable bonds is 7. The summed E-state index contributed by atoms with van der Waals surface area (Å²) in [4.78, 5) is 12.2. The first-order chi connectivity index (χ1) is 12.7. The quantitative estimate of drug-likeness (QED) is 0.687. The predicted molar refractivity (Wildman–Crippen MR) is 99.7 cm³/mol. The molecule has 132 valence electrons. The molecule has 1 amide bonds. The van der Waals surface area contributed by atoms with Crippen molar-refractivity contribution in [1.82, 2.24) is 5.32 Å². The minimum atomic E-state index is -0.246. The molecule has 0 aliphatic carbocycles. The van der Waals surface area contributed by atoms with Crippen molar-refractivity contribution < 1.29 is 13.9 Å². The van der Waals surface area contributed by atoms with Crippen molar-refractivity contribution in [2.24, 2.45) is 0 Å². The minimum absolute atomic E-state index is 0.170. The van der Waals surface area contributed by atoms with E-state index in [1.165, 1.54) is 6.07 Å². The summed E-state index contributed by atoms with van der Waals surface area (Å²) in [5.41, 5.74) is 2.15. The van der Waals surface area contributed by atoms with E-state index >= 15 is 0 Å². The second-order valence-electron chi connectivity index (χ2n) is 5.90. The summed E-state index contributed by atoms with van der Waals surface area (Å²) in [7, 11) is 0. The van der Waals surface area contributed by atoms with Crippen LogP contribution in [0.5, 0.6) is 5.75 Å². The lowest BCUT2D eigenvalue weighted by Gasteiger charge is -2.08. The zero-order valence-corrected chi connectivity index (χ0v) is 14.3. The highest BCUT2D eigenvalue weighted by Gasteiger charge is 2.06. The monoisotopic (exact) mass is 349 g/mol. The Balaban J connectivity index is 1.48. The Bertz CT molecular complexity index is 848. The number of halogens is 1. The van der Waals surface area contributed by atoms with Gasteiger partial charge in [-0.05, 0) is 47.9 Å². The summed E-state index contributed by atoms with van der Waals surface area (Å²) in [6, 6.07) is 23.4. The largest absolute Gasteiger partial charge is 0.489 e. The fraction of sp³-hybridized carbons (Fsp3) is 0.136. The highest BCUT2D eigenvalue weighted by Crippen LogP contribution is 2.12. The van der Waals surface area contributed by atoms with Crippen LogP contribution in [0.4, 0.5) is 4.39 Å². The van der Waals surface area contributed by atoms with Crippen LogP contribution < -0.4 is 10.1 Å². The normalized spacial score (nSPS) is 10.3. The van der Waals surface area contributed by atoms with Crippen LogP contribution in [0.3, 0.4) is 0 Å². The van der Waals surface area contributed by atoms with Crippen molar-refractivity contribution in [3.8, 4) is 5.75 Å². The molecule has 0 heterocycles. The van der Waals surface area contributed by atoms with Gasteiger partial charge in [-0.1, -0.05) is 48.5 Å². The Morgan fingerprint density at radius 2 is 1.58 bits per heavy atom. The summed E-state index contributed by atoms with van der Waals surface area (Å²) in [6.07, 6.45) is 0.460. The molecule has 0 aliphatic heterocycles. The van der Waals surface area contributed by atoms with E-state index in [0.717, 1.165) is 11.3 Å². The molecule has 0 aliphatic rings. The molecule has 3 nitrogen and oxygen atoms in total. The molecule has 0 fully saturated rings. The summed E-state index contributed by atoms with van der Waals surface area (Å²) in [6.45, 7) is 0.831. The first-order valence-corrected chi connectivity index (χ1v) is 8.51. The third-order valence-electron chi connectivity index (χ3n) is 4.00. The van der Waals surface area contributed by atoms with Gasteiger partial charge in [-0.3, -0.25) is 4.79 Å². The van der Waals surface area contributed by atoms with E-state index in [0.29, 0.717) is 30.7 Å². The van der Waals surface area contributed by atoms with Gasteiger partial charge in [0.25, 0.3) is 5.91 Å². The van der Waals surface area contributed by atoms with Crippen LogP contribution in [0.25, 0.3) is 0 Å². The van der Waals surface area contributed by atoms with Crippen LogP contribution in [0, 0.1) is 5.82 Å². The van der Waals surface area contributed by atoms with Crippen molar-refractivity contribution in [1.29, 1.82) is 0 Å². The lowest BCUT2D eigenvalue weighted by atomic mass is 10.1. The standard InChI is InChI=1S/C22H20FNO2/c23-21-9-5-4-6-18(21)14-15-24-22(25)19-12-10-17(11-13-19)16-26-20-7-2-1-3-8-20/h1-13H,14-16H2,(H,24,25). The molecule has 4 heteroatoms. The third kappa shape index (κ3) is 4.93. The van der Waals surface area contributed by atoms with Gasteiger partial charge in [0, 0.05) is 12.1 Å². The number of hydrogen-bond donors (Lipinski definition) is 1. The molecule has 0 bridgehead atoms. The van der Waals surface area contributed by atoms with Crippen LogP contribution in [-0.2, 0) is 13.0 Å². The zero-order valence-electron chi connectivity index (χ0n) is 14.3. The number of hydrogen-bond acceptors (Lipinski definition) is 2. The molecule has 0 saturated heterocycles. The maximum atomic E-state index is 13.6. The first-order valence-electron chi connectivity index (χ1n) is 8.51. The van der Waals surface area contributed by atoms with Crippen molar-refractivity contribution in [2.75, 3.05) is 6.54 Å². The molecule has 0 spiro atoms. The van der Waals surface area contributed by atoms with Crippen molar-refractivity contribution in [3.63, 3.8) is 0 Å². The number of benzene rings is 3. The molecule has 0 unspecified atom stereocenters. The van der Waals surface area contributed by atoms with Crippen LogP contribution in [0.1, 0.15) is 21.5 Å². The fourth-order valence-corrected chi connectivity index (χ4v) is 2.55. The van der Waals surface area contributed by atoms with E-state index in [1.807, 2.05) is 42.5 Å². The van der Waals surface area contributed by atoms with Crippen molar-refractivity contribution in [2.45, 2.75) is 13.0 Å². The molecule has 0 saturated carbocycles. The predicted octanol–water partition coefficient (Wildman–Crippen LogP) is 4.38. The van der Waals surface area contributed by atoms with Gasteiger partial charge in [-0.25, -0.2) is 4.39 Å². The lowest BCUT2D eigenvalue weighted by Crippen LogP contribution is -2.25. The highest BCUT2D eigenvalue weighted by molar-refractivity contribution is 5.94. The van der Waals surface area contributed by atoms with Gasteiger partial charge in [0.2, 0.25) is 0 Å². The summed E-state index contributed by atoms with van der Waals surface area (Å²) in [5.74, 6) is 0.392. The molecule has 3 aromatic carbocycles. The van der Waals surface area contributed by atoms with Crippen molar-refractivity contribution in [3.05, 3.63) is 101 Å². The highest BCUT2D eigenvalue weighted by atomic mass is 19.1. The first kappa shape index (κ1) is 17.7. The second kappa shape index (κ2) is 8.81. The van der Waals surface area contributed by atoms with Gasteiger partial charge < -0.3 is 10.1 Å². The molecule has 3 aromatic rings. The van der Waals surface area contributed by atoms with Gasteiger partial charge in [0.05, 0.1) is 0 Å². The topological polar surface area (TPSA) is 38.3 Å². The molecule has 3 rings (SSSR count). The molecule has 1 N–H and O–H groups in total. The summed E-state index contributed by atoms with van der Waals surface area (Å²) in [5, 5.41) is 2.82. The van der Waals surface area contributed by atoms with E-state index in [4.69, 9.17) is 4.74 Å². The number of nitrogens with one attached hydrogen (secondary N) is 1. The molecule has 0 radical (unpaired) electrons. The van der Waals surface area contributed by atoms with E-state index in [1.54, 1.807) is 30.3 Å². The van der Waals surface area contributed by atoms with Crippen LogP contribution in [0.15, 0.2) is 78.9 Å². The molecule has 0 aromatic heterocycles. The zero-order chi connectivity index (χ0) is 18.2. The van der Waals surface area contributed by atoms with E-state index in [2.05, 4.69) is 5.32 Å². The van der Waals surface area contributed by atoms with Crippen LogP contribution in [-0.4, -0.2) is 12.5 Å². The van der Waals surface area contributed by atoms with E-state index in [9.17, 15) is 9.18 Å². The molecule has 0 atom stereocenters. The maximum absolute atomic E-state index is 13.6. The number of carbonyl (C=O) groups is 1. The van der Waals surface area contributed by atoms with Gasteiger partial charge in [0.1, 0.15) is 18.2 Å². The molecule has 26 heavy (non-hydrogen) atoms. The van der Waals surface area contributed by atoms with Crippen molar-refractivity contribution >= 4 is 5.91 Å². The summed E-state index contributed by atoms with van der Waals surface area (Å²) < 4.78 is 19.2. The maximum Gasteiger partial charge on any atom is 0.251 e. The van der Waals surface area contributed by atoms with Gasteiger partial charge >= 0.3 is 0 Å². The number of carbonyl (C=O) groups excluding carboxylic acids is 1. The van der Waals surface area contributed by atoms with Crippen LogP contribution >= 0.6 is 0 Å². The average molecular weight is 349 g/mol. The van der Waals surface area contributed by atoms with Gasteiger partial charge in [0.15, 0.2) is 0 Å². The Morgan fingerprint density at radius 3 is 2.31 bits per heavy atom. The van der Waals surface area contributed by atoms with Gasteiger partial charge in [-0.2, -0.15) is 0 Å². The Labute approximate surface area is 152 Å². The van der Waals surface area contributed by atoms with E-state index < -0.39 is 0 Å². The average Bonchev–Trinajstić information content (AvgIpc) is 2.69. The lowest BCUT2D eigenvalue weighted by molar-refractivity contribution is 0.0954. The minimum Gasteiger partial charge on any atom is -0.489 e. The smallest absolute Gasteiger partial charge is 0.251 e. The van der Waals surface area contributed by atoms with Gasteiger partial charge in [-0.15, -0.1) is 0 Å². The summed E-state index contributed by atoms with van der Waals surface area (Å²) >= 11 is 0. The molecular formula is C22H20FNO2. The second-order valence-corrected chi connectivity index (χ2v) is 5.90. The van der Waals surface area contributed by atoms with E-state index in [-0.39, 0.29) is 11.7 Å². The Hall–Kier alpha value is -3.14. The van der Waals surface area contributed by atoms with Crippen LogP contribution in [0.2, 0.25) is 0 Å².